The number of carbonyl (C=O) groups excluding carboxylic acids is 1. The lowest BCUT2D eigenvalue weighted by molar-refractivity contribution is 0.0599. The number of benzene rings is 2. The van der Waals surface area contributed by atoms with Crippen molar-refractivity contribution in [2.75, 3.05) is 14.2 Å². The molecule has 1 unspecified atom stereocenters. The minimum atomic E-state index is -0.415. The number of hydrogen-bond acceptors (Lipinski definition) is 6. The van der Waals surface area contributed by atoms with E-state index in [-0.39, 0.29) is 11.8 Å². The zero-order valence-electron chi connectivity index (χ0n) is 18.0. The van der Waals surface area contributed by atoms with Gasteiger partial charge in [-0.2, -0.15) is 5.10 Å². The minimum absolute atomic E-state index is 0.0473. The maximum atomic E-state index is 12.5. The van der Waals surface area contributed by atoms with Gasteiger partial charge in [-0.3, -0.25) is 0 Å². The fourth-order valence-corrected chi connectivity index (χ4v) is 4.20. The number of nitrogens with zero attached hydrogens (tertiary/aromatic N) is 3. The van der Waals surface area contributed by atoms with Gasteiger partial charge in [-0.1, -0.05) is 30.3 Å². The van der Waals surface area contributed by atoms with Crippen LogP contribution < -0.4 is 11.6 Å². The summed E-state index contributed by atoms with van der Waals surface area (Å²) in [6.07, 6.45) is 4.07. The number of allylic oxidation sites excluding steroid dienone is 1. The number of halogens is 1. The van der Waals surface area contributed by atoms with Crippen LogP contribution in [0.4, 0.5) is 0 Å². The largest absolute Gasteiger partial charge is 0.465 e. The third kappa shape index (κ3) is 4.35. The van der Waals surface area contributed by atoms with Gasteiger partial charge < -0.3 is 15.5 Å². The molecule has 0 saturated heterocycles. The molecule has 3 aromatic rings. The number of alkyl halides is 1. The van der Waals surface area contributed by atoms with E-state index in [0.717, 1.165) is 34.5 Å². The van der Waals surface area contributed by atoms with Crippen LogP contribution >= 0.6 is 11.6 Å². The molecule has 0 aliphatic heterocycles. The molecule has 2 atom stereocenters. The number of methoxy groups -OCH3 is 1. The van der Waals surface area contributed by atoms with Gasteiger partial charge in [0, 0.05) is 36.7 Å². The summed E-state index contributed by atoms with van der Waals surface area (Å²) in [6.45, 7) is 0. The molecule has 2 aromatic carbocycles. The number of ether oxygens (including phenoxy) is 1. The highest BCUT2D eigenvalue weighted by Crippen LogP contribution is 2.52. The summed E-state index contributed by atoms with van der Waals surface area (Å²) in [7, 11) is 3.09. The first-order valence-corrected chi connectivity index (χ1v) is 10.8. The average molecular weight is 452 g/mol. The molecule has 32 heavy (non-hydrogen) atoms. The quantitative estimate of drug-likeness (QED) is 0.245. The predicted molar refractivity (Wildman–Crippen MR) is 125 cm³/mol. The van der Waals surface area contributed by atoms with Gasteiger partial charge in [0.25, 0.3) is 0 Å². The smallest absolute Gasteiger partial charge is 0.341 e. The van der Waals surface area contributed by atoms with E-state index in [1.807, 2.05) is 41.1 Å². The second-order valence-electron chi connectivity index (χ2n) is 7.97. The van der Waals surface area contributed by atoms with E-state index in [2.05, 4.69) is 17.2 Å². The van der Waals surface area contributed by atoms with Gasteiger partial charge in [-0.15, -0.1) is 11.6 Å². The number of hydrazine groups is 1. The van der Waals surface area contributed by atoms with E-state index in [0.29, 0.717) is 17.1 Å². The molecule has 8 heteroatoms. The molecular weight excluding hydrogens is 426 g/mol. The van der Waals surface area contributed by atoms with Crippen molar-refractivity contribution in [2.24, 2.45) is 17.5 Å². The molecule has 4 N–H and O–H groups in total. The van der Waals surface area contributed by atoms with Crippen molar-refractivity contribution in [1.29, 1.82) is 0 Å². The zero-order valence-corrected chi connectivity index (χ0v) is 18.8. The molecule has 1 saturated carbocycles. The lowest BCUT2D eigenvalue weighted by atomic mass is 10.0. The maximum absolute atomic E-state index is 12.5. The zero-order chi connectivity index (χ0) is 22.8. The second-order valence-corrected chi connectivity index (χ2v) is 8.24. The summed E-state index contributed by atoms with van der Waals surface area (Å²) in [6, 6.07) is 16.1. The molecule has 4 rings (SSSR count). The van der Waals surface area contributed by atoms with Crippen molar-refractivity contribution in [3.63, 3.8) is 0 Å². The molecule has 1 aliphatic carbocycles. The molecule has 1 heterocycles. The number of aromatic nitrogens is 2. The van der Waals surface area contributed by atoms with E-state index in [1.165, 1.54) is 12.1 Å². The Morgan fingerprint density at radius 3 is 2.69 bits per heavy atom. The molecule has 7 nitrogen and oxygen atoms in total. The van der Waals surface area contributed by atoms with Crippen LogP contribution in [0, 0.1) is 5.92 Å². The predicted octanol–water partition coefficient (Wildman–Crippen LogP) is 3.77. The van der Waals surface area contributed by atoms with Gasteiger partial charge in [0.2, 0.25) is 0 Å². The maximum Gasteiger partial charge on any atom is 0.341 e. The van der Waals surface area contributed by atoms with E-state index < -0.39 is 5.97 Å². The number of esters is 1. The monoisotopic (exact) mass is 451 g/mol. The number of hydrogen-bond donors (Lipinski definition) is 2. The van der Waals surface area contributed by atoms with Crippen LogP contribution in [-0.4, -0.2) is 34.9 Å². The summed E-state index contributed by atoms with van der Waals surface area (Å²) in [4.78, 5) is 12.5. The van der Waals surface area contributed by atoms with Crippen LogP contribution in [0.15, 0.2) is 66.6 Å². The standard InChI is InChI=1S/C24H26ClN5O2/c1-29(27)14-22(26)19-11-20(19)23-21(24(31)32-2)13-28-30(23)18-8-4-7-17(10-18)16-6-3-5-15(9-16)12-25/h3-10,13-14,19-20H,11-12,26-27H2,1-2H3/b22-14-/t19?,20-/m1/s1. The van der Waals surface area contributed by atoms with Crippen LogP contribution in [0.2, 0.25) is 0 Å². The minimum Gasteiger partial charge on any atom is -0.465 e. The summed E-state index contributed by atoms with van der Waals surface area (Å²) in [5.74, 6) is 5.89. The fraction of sp³-hybridized carbons (Fsp3) is 0.250. The highest BCUT2D eigenvalue weighted by atomic mass is 35.5. The Morgan fingerprint density at radius 2 is 2.00 bits per heavy atom. The molecule has 0 bridgehead atoms. The molecule has 0 radical (unpaired) electrons. The van der Waals surface area contributed by atoms with Crippen LogP contribution in [0.25, 0.3) is 16.8 Å². The van der Waals surface area contributed by atoms with Crippen molar-refractivity contribution in [1.82, 2.24) is 14.8 Å². The van der Waals surface area contributed by atoms with Crippen molar-refractivity contribution < 1.29 is 9.53 Å². The summed E-state index contributed by atoms with van der Waals surface area (Å²) < 4.78 is 6.81. The highest BCUT2D eigenvalue weighted by molar-refractivity contribution is 6.17. The highest BCUT2D eigenvalue weighted by Gasteiger charge is 2.45. The Kier molecular flexibility index (Phi) is 6.21. The van der Waals surface area contributed by atoms with Crippen LogP contribution in [0.5, 0.6) is 0 Å². The molecule has 166 valence electrons. The van der Waals surface area contributed by atoms with Crippen molar-refractivity contribution >= 4 is 17.6 Å². The van der Waals surface area contributed by atoms with Crippen LogP contribution in [0.3, 0.4) is 0 Å². The van der Waals surface area contributed by atoms with Crippen molar-refractivity contribution in [3.8, 4) is 16.8 Å². The summed E-state index contributed by atoms with van der Waals surface area (Å²) >= 11 is 6.01. The lowest BCUT2D eigenvalue weighted by Crippen LogP contribution is -2.21. The van der Waals surface area contributed by atoms with Crippen molar-refractivity contribution in [2.45, 2.75) is 18.2 Å². The van der Waals surface area contributed by atoms with E-state index in [9.17, 15) is 4.79 Å². The third-order valence-electron chi connectivity index (χ3n) is 5.64. The number of rotatable bonds is 7. The molecule has 0 spiro atoms. The average Bonchev–Trinajstić information content (AvgIpc) is 3.48. The van der Waals surface area contributed by atoms with E-state index in [4.69, 9.17) is 27.9 Å². The molecule has 1 fully saturated rings. The molecule has 1 aromatic heterocycles. The topological polar surface area (TPSA) is 99.4 Å². The normalized spacial score (nSPS) is 17.8. The third-order valence-corrected chi connectivity index (χ3v) is 5.95. The van der Waals surface area contributed by atoms with Gasteiger partial charge in [0.05, 0.1) is 24.7 Å². The Labute approximate surface area is 192 Å². The van der Waals surface area contributed by atoms with Gasteiger partial charge in [0.1, 0.15) is 5.56 Å². The van der Waals surface area contributed by atoms with Crippen molar-refractivity contribution in [3.05, 3.63) is 83.4 Å². The Balaban J connectivity index is 1.75. The Morgan fingerprint density at radius 1 is 1.28 bits per heavy atom. The lowest BCUT2D eigenvalue weighted by Gasteiger charge is -2.12. The molecule has 1 aliphatic rings. The van der Waals surface area contributed by atoms with Gasteiger partial charge >= 0.3 is 5.97 Å². The molecular formula is C24H26ClN5O2. The van der Waals surface area contributed by atoms with E-state index >= 15 is 0 Å². The fourth-order valence-electron chi connectivity index (χ4n) is 4.04. The summed E-state index contributed by atoms with van der Waals surface area (Å²) in [5.41, 5.74) is 12.2. The Hall–Kier alpha value is -3.29. The van der Waals surface area contributed by atoms with Crippen LogP contribution in [0.1, 0.15) is 34.0 Å². The van der Waals surface area contributed by atoms with E-state index in [1.54, 1.807) is 19.4 Å². The van der Waals surface area contributed by atoms with Crippen LogP contribution in [-0.2, 0) is 10.6 Å². The van der Waals surface area contributed by atoms with Gasteiger partial charge in [0.15, 0.2) is 0 Å². The first-order valence-electron chi connectivity index (χ1n) is 10.3. The number of nitrogens with two attached hydrogens (primary N) is 2. The van der Waals surface area contributed by atoms with Gasteiger partial charge in [-0.05, 0) is 41.3 Å². The summed E-state index contributed by atoms with van der Waals surface area (Å²) in [5, 5.41) is 5.97. The van der Waals surface area contributed by atoms with Gasteiger partial charge in [-0.25, -0.2) is 15.3 Å². The second kappa shape index (κ2) is 9.06. The number of carbonyl (C=O) groups is 1. The molecule has 0 amide bonds. The first kappa shape index (κ1) is 21.9. The Bertz CT molecular complexity index is 1170. The first-order chi connectivity index (χ1) is 15.4. The SMILES string of the molecule is COC(=O)c1cnn(-c2cccc(-c3cccc(CCl)c3)c2)c1[C@@H]1CC1/C(N)=C/N(C)N.